The van der Waals surface area contributed by atoms with Crippen LogP contribution in [-0.4, -0.2) is 16.9 Å². The first-order valence-electron chi connectivity index (χ1n) is 9.45. The normalized spacial score (nSPS) is 11.5. The molecule has 0 radical (unpaired) electrons. The molecule has 5 nitrogen and oxygen atoms in total. The van der Waals surface area contributed by atoms with Crippen LogP contribution in [0.1, 0.15) is 36.3 Å². The molecule has 1 unspecified atom stereocenters. The lowest BCUT2D eigenvalue weighted by atomic mass is 10.2. The van der Waals surface area contributed by atoms with Gasteiger partial charge in [0.25, 0.3) is 5.91 Å². The number of rotatable bonds is 8. The van der Waals surface area contributed by atoms with Gasteiger partial charge in [-0.05, 0) is 55.3 Å². The van der Waals surface area contributed by atoms with Crippen LogP contribution in [0.2, 0.25) is 0 Å². The minimum atomic E-state index is -0.243. The van der Waals surface area contributed by atoms with Crippen LogP contribution >= 0.6 is 0 Å². The fourth-order valence-corrected chi connectivity index (χ4v) is 2.57. The number of carbonyl (C=O) groups is 1. The summed E-state index contributed by atoms with van der Waals surface area (Å²) in [4.78, 5) is 16.6. The number of aromatic nitrogens is 1. The Hall–Kier alpha value is -3.34. The fourth-order valence-electron chi connectivity index (χ4n) is 2.57. The van der Waals surface area contributed by atoms with Gasteiger partial charge in [-0.3, -0.25) is 4.79 Å². The SMILES string of the molecule is CCC(C)Nc1ccc(C(=O)Nc2ccc(OCc3ccccc3)cc2)nc1. The number of nitrogens with one attached hydrogen (secondary N) is 2. The third-order valence-corrected chi connectivity index (χ3v) is 4.38. The maximum Gasteiger partial charge on any atom is 0.274 e. The molecule has 0 fully saturated rings. The van der Waals surface area contributed by atoms with Crippen LogP contribution in [0.3, 0.4) is 0 Å². The largest absolute Gasteiger partial charge is 0.489 e. The number of hydrogen-bond donors (Lipinski definition) is 2. The molecule has 2 N–H and O–H groups in total. The molecule has 0 aliphatic heterocycles. The number of hydrogen-bond acceptors (Lipinski definition) is 4. The molecule has 1 aromatic heterocycles. The van der Waals surface area contributed by atoms with Gasteiger partial charge >= 0.3 is 0 Å². The highest BCUT2D eigenvalue weighted by Gasteiger charge is 2.08. The topological polar surface area (TPSA) is 63.2 Å². The molecule has 3 rings (SSSR count). The van der Waals surface area contributed by atoms with Gasteiger partial charge in [-0.15, -0.1) is 0 Å². The van der Waals surface area contributed by atoms with Crippen LogP contribution in [-0.2, 0) is 6.61 Å². The Bertz CT molecular complexity index is 878. The number of carbonyl (C=O) groups excluding carboxylic acids is 1. The van der Waals surface area contributed by atoms with Crippen LogP contribution in [0.4, 0.5) is 11.4 Å². The standard InChI is InChI=1S/C23H25N3O2/c1-3-17(2)25-20-11-14-22(24-15-20)23(27)26-19-9-12-21(13-10-19)28-16-18-7-5-4-6-8-18/h4-15,17,25H,3,16H2,1-2H3,(H,26,27). The van der Waals surface area contributed by atoms with Crippen LogP contribution in [0.5, 0.6) is 5.75 Å². The van der Waals surface area contributed by atoms with Gasteiger partial charge in [0.05, 0.1) is 11.9 Å². The molecule has 0 spiro atoms. The van der Waals surface area contributed by atoms with Gasteiger partial charge < -0.3 is 15.4 Å². The molecule has 0 aliphatic rings. The maximum absolute atomic E-state index is 12.4. The number of amides is 1. The maximum atomic E-state index is 12.4. The Labute approximate surface area is 165 Å². The summed E-state index contributed by atoms with van der Waals surface area (Å²) in [5, 5.41) is 6.18. The average molecular weight is 375 g/mol. The lowest BCUT2D eigenvalue weighted by Gasteiger charge is -2.12. The van der Waals surface area contributed by atoms with E-state index in [2.05, 4.69) is 29.5 Å². The molecule has 5 heteroatoms. The van der Waals surface area contributed by atoms with Crippen molar-refractivity contribution in [2.24, 2.45) is 0 Å². The number of anilines is 2. The van der Waals surface area contributed by atoms with Crippen molar-refractivity contribution in [3.63, 3.8) is 0 Å². The summed E-state index contributed by atoms with van der Waals surface area (Å²) >= 11 is 0. The van der Waals surface area contributed by atoms with Crippen molar-refractivity contribution in [3.8, 4) is 5.75 Å². The minimum Gasteiger partial charge on any atom is -0.489 e. The third kappa shape index (κ3) is 5.58. The number of benzene rings is 2. The van der Waals surface area contributed by atoms with E-state index in [-0.39, 0.29) is 5.91 Å². The van der Waals surface area contributed by atoms with Gasteiger partial charge in [0.1, 0.15) is 18.1 Å². The smallest absolute Gasteiger partial charge is 0.274 e. The van der Waals surface area contributed by atoms with E-state index in [1.54, 1.807) is 12.3 Å². The molecule has 0 bridgehead atoms. The molecule has 0 aliphatic carbocycles. The lowest BCUT2D eigenvalue weighted by molar-refractivity contribution is 0.102. The molecule has 144 valence electrons. The molecule has 0 saturated heterocycles. The third-order valence-electron chi connectivity index (χ3n) is 4.38. The second-order valence-electron chi connectivity index (χ2n) is 6.64. The minimum absolute atomic E-state index is 0.243. The summed E-state index contributed by atoms with van der Waals surface area (Å²) in [5.74, 6) is 0.508. The molecule has 3 aromatic rings. The van der Waals surface area contributed by atoms with Crippen molar-refractivity contribution in [2.75, 3.05) is 10.6 Å². The Morgan fingerprint density at radius 1 is 1.00 bits per heavy atom. The molecular weight excluding hydrogens is 350 g/mol. The van der Waals surface area contributed by atoms with Gasteiger partial charge in [0.2, 0.25) is 0 Å². The van der Waals surface area contributed by atoms with Crippen molar-refractivity contribution < 1.29 is 9.53 Å². The van der Waals surface area contributed by atoms with Gasteiger partial charge in [-0.1, -0.05) is 37.3 Å². The summed E-state index contributed by atoms with van der Waals surface area (Å²) in [6.07, 6.45) is 2.70. The predicted octanol–water partition coefficient (Wildman–Crippen LogP) is 5.12. The highest BCUT2D eigenvalue weighted by Crippen LogP contribution is 2.18. The second-order valence-corrected chi connectivity index (χ2v) is 6.64. The summed E-state index contributed by atoms with van der Waals surface area (Å²) in [6, 6.07) is 21.2. The van der Waals surface area contributed by atoms with Crippen molar-refractivity contribution in [2.45, 2.75) is 32.9 Å². The van der Waals surface area contributed by atoms with Gasteiger partial charge in [0, 0.05) is 11.7 Å². The quantitative estimate of drug-likeness (QED) is 0.573. The Morgan fingerprint density at radius 3 is 2.36 bits per heavy atom. The second kappa shape index (κ2) is 9.55. The molecule has 2 aromatic carbocycles. The number of nitrogens with zero attached hydrogens (tertiary/aromatic N) is 1. The first kappa shape index (κ1) is 19.4. The highest BCUT2D eigenvalue weighted by atomic mass is 16.5. The van der Waals surface area contributed by atoms with Gasteiger partial charge in [-0.25, -0.2) is 4.98 Å². The van der Waals surface area contributed by atoms with Gasteiger partial charge in [0.15, 0.2) is 0 Å². The zero-order valence-electron chi connectivity index (χ0n) is 16.2. The van der Waals surface area contributed by atoms with Crippen LogP contribution < -0.4 is 15.4 Å². The monoisotopic (exact) mass is 375 g/mol. The van der Waals surface area contributed by atoms with E-state index in [1.165, 1.54) is 0 Å². The summed E-state index contributed by atoms with van der Waals surface area (Å²) < 4.78 is 5.76. The van der Waals surface area contributed by atoms with Crippen LogP contribution in [0, 0.1) is 0 Å². The van der Waals surface area contributed by atoms with Crippen LogP contribution in [0.25, 0.3) is 0 Å². The molecule has 1 atom stereocenters. The fraction of sp³-hybridized carbons (Fsp3) is 0.217. The van der Waals surface area contributed by atoms with Crippen molar-refractivity contribution >= 4 is 17.3 Å². The Morgan fingerprint density at radius 2 is 1.71 bits per heavy atom. The molecule has 1 amide bonds. The molecule has 1 heterocycles. The first-order valence-corrected chi connectivity index (χ1v) is 9.45. The summed E-state index contributed by atoms with van der Waals surface area (Å²) in [6.45, 7) is 4.73. The van der Waals surface area contributed by atoms with Crippen molar-refractivity contribution in [3.05, 3.63) is 84.2 Å². The first-order chi connectivity index (χ1) is 13.6. The Balaban J connectivity index is 1.54. The van der Waals surface area contributed by atoms with E-state index >= 15 is 0 Å². The highest BCUT2D eigenvalue weighted by molar-refractivity contribution is 6.02. The van der Waals surface area contributed by atoms with E-state index < -0.39 is 0 Å². The summed E-state index contributed by atoms with van der Waals surface area (Å²) in [7, 11) is 0. The molecular formula is C23H25N3O2. The zero-order valence-corrected chi connectivity index (χ0v) is 16.2. The van der Waals surface area contributed by atoms with E-state index in [4.69, 9.17) is 4.74 Å². The van der Waals surface area contributed by atoms with Crippen molar-refractivity contribution in [1.82, 2.24) is 4.98 Å². The van der Waals surface area contributed by atoms with E-state index in [1.807, 2.05) is 60.7 Å². The average Bonchev–Trinajstić information content (AvgIpc) is 2.74. The Kier molecular flexibility index (Phi) is 6.63. The predicted molar refractivity (Wildman–Crippen MR) is 113 cm³/mol. The van der Waals surface area contributed by atoms with Crippen LogP contribution in [0.15, 0.2) is 72.9 Å². The molecule has 0 saturated carbocycles. The van der Waals surface area contributed by atoms with Crippen molar-refractivity contribution in [1.29, 1.82) is 0 Å². The van der Waals surface area contributed by atoms with E-state index in [0.29, 0.717) is 24.0 Å². The van der Waals surface area contributed by atoms with E-state index in [9.17, 15) is 4.79 Å². The zero-order chi connectivity index (χ0) is 19.8. The number of pyridine rings is 1. The molecule has 28 heavy (non-hydrogen) atoms. The van der Waals surface area contributed by atoms with E-state index in [0.717, 1.165) is 23.4 Å². The lowest BCUT2D eigenvalue weighted by Crippen LogP contribution is -2.16. The number of ether oxygens (including phenoxy) is 1. The summed E-state index contributed by atoms with van der Waals surface area (Å²) in [5.41, 5.74) is 3.09. The van der Waals surface area contributed by atoms with Gasteiger partial charge in [-0.2, -0.15) is 0 Å².